The second-order valence-corrected chi connectivity index (χ2v) is 6.18. The highest BCUT2D eigenvalue weighted by molar-refractivity contribution is 7.89. The van der Waals surface area contributed by atoms with Crippen molar-refractivity contribution in [3.8, 4) is 6.07 Å². The van der Waals surface area contributed by atoms with Gasteiger partial charge in [-0.1, -0.05) is 18.2 Å². The molecule has 0 aromatic heterocycles. The van der Waals surface area contributed by atoms with Crippen LogP contribution in [-0.2, 0) is 16.4 Å². The van der Waals surface area contributed by atoms with Gasteiger partial charge in [0.1, 0.15) is 5.82 Å². The van der Waals surface area contributed by atoms with E-state index in [0.717, 1.165) is 5.56 Å². The van der Waals surface area contributed by atoms with Gasteiger partial charge in [0, 0.05) is 6.54 Å². The third-order valence-corrected chi connectivity index (χ3v) is 4.35. The van der Waals surface area contributed by atoms with Crippen LogP contribution in [-0.4, -0.2) is 15.0 Å². The fraction of sp³-hybridized carbons (Fsp3) is 0.133. The molecule has 4 nitrogen and oxygen atoms in total. The summed E-state index contributed by atoms with van der Waals surface area (Å²) in [6, 6.07) is 13.6. The van der Waals surface area contributed by atoms with E-state index < -0.39 is 10.0 Å². The van der Waals surface area contributed by atoms with Crippen molar-refractivity contribution in [1.82, 2.24) is 4.72 Å². The van der Waals surface area contributed by atoms with E-state index in [9.17, 15) is 12.8 Å². The van der Waals surface area contributed by atoms with Gasteiger partial charge in [-0.3, -0.25) is 0 Å². The SMILES string of the molecule is N#Cc1cccc(S(=O)(=O)NCCc2ccc(F)cc2)c1. The van der Waals surface area contributed by atoms with Crippen LogP contribution in [0.5, 0.6) is 0 Å². The largest absolute Gasteiger partial charge is 0.240 e. The van der Waals surface area contributed by atoms with Gasteiger partial charge in [-0.15, -0.1) is 0 Å². The zero-order valence-corrected chi connectivity index (χ0v) is 11.9. The third kappa shape index (κ3) is 4.12. The van der Waals surface area contributed by atoms with Gasteiger partial charge in [-0.25, -0.2) is 17.5 Å². The van der Waals surface area contributed by atoms with Crippen LogP contribution < -0.4 is 4.72 Å². The van der Waals surface area contributed by atoms with Crippen molar-refractivity contribution in [3.05, 3.63) is 65.5 Å². The molecule has 1 N–H and O–H groups in total. The van der Waals surface area contributed by atoms with Crippen molar-refractivity contribution in [2.45, 2.75) is 11.3 Å². The Hall–Kier alpha value is -2.23. The first-order chi connectivity index (χ1) is 10.0. The zero-order chi connectivity index (χ0) is 15.3. The molecule has 0 saturated carbocycles. The number of benzene rings is 2. The van der Waals surface area contributed by atoms with E-state index in [1.807, 2.05) is 6.07 Å². The monoisotopic (exact) mass is 304 g/mol. The van der Waals surface area contributed by atoms with Crippen LogP contribution >= 0.6 is 0 Å². The molecule has 0 radical (unpaired) electrons. The highest BCUT2D eigenvalue weighted by atomic mass is 32.2. The Morgan fingerprint density at radius 3 is 2.52 bits per heavy atom. The summed E-state index contributed by atoms with van der Waals surface area (Å²) in [4.78, 5) is 0.0562. The second-order valence-electron chi connectivity index (χ2n) is 4.41. The van der Waals surface area contributed by atoms with Crippen LogP contribution in [0.15, 0.2) is 53.4 Å². The van der Waals surface area contributed by atoms with Gasteiger partial charge >= 0.3 is 0 Å². The second kappa shape index (κ2) is 6.48. The summed E-state index contributed by atoms with van der Waals surface area (Å²) < 4.78 is 39.3. The Bertz CT molecular complexity index is 765. The molecule has 0 unspecified atom stereocenters. The van der Waals surface area contributed by atoms with Gasteiger partial charge in [0.2, 0.25) is 10.0 Å². The normalized spacial score (nSPS) is 11.0. The summed E-state index contributed by atoms with van der Waals surface area (Å²) in [6.07, 6.45) is 0.456. The molecule has 0 amide bonds. The fourth-order valence-corrected chi connectivity index (χ4v) is 2.87. The van der Waals surface area contributed by atoms with E-state index in [4.69, 9.17) is 5.26 Å². The van der Waals surface area contributed by atoms with Crippen LogP contribution in [0.2, 0.25) is 0 Å². The molecule has 2 aromatic carbocycles. The summed E-state index contributed by atoms with van der Waals surface area (Å²) in [6.45, 7) is 0.199. The molecule has 0 bridgehead atoms. The summed E-state index contributed by atoms with van der Waals surface area (Å²) in [5.41, 5.74) is 1.13. The molecule has 0 aliphatic heterocycles. The number of nitriles is 1. The molecule has 2 aromatic rings. The van der Waals surface area contributed by atoms with Gasteiger partial charge in [-0.2, -0.15) is 5.26 Å². The lowest BCUT2D eigenvalue weighted by Gasteiger charge is -2.07. The number of sulfonamides is 1. The Labute approximate surface area is 122 Å². The van der Waals surface area contributed by atoms with E-state index >= 15 is 0 Å². The Balaban J connectivity index is 2.01. The molecule has 21 heavy (non-hydrogen) atoms. The van der Waals surface area contributed by atoms with Crippen molar-refractivity contribution in [1.29, 1.82) is 5.26 Å². The minimum absolute atomic E-state index is 0.0562. The molecule has 0 saturated heterocycles. The predicted molar refractivity (Wildman–Crippen MR) is 76.4 cm³/mol. The highest BCUT2D eigenvalue weighted by Crippen LogP contribution is 2.11. The molecular formula is C15H13FN2O2S. The highest BCUT2D eigenvalue weighted by Gasteiger charge is 2.13. The number of hydrogen-bond donors (Lipinski definition) is 1. The van der Waals surface area contributed by atoms with Crippen LogP contribution in [0.3, 0.4) is 0 Å². The molecule has 0 heterocycles. The first-order valence-corrected chi connectivity index (χ1v) is 7.74. The Kier molecular flexibility index (Phi) is 4.68. The van der Waals surface area contributed by atoms with E-state index in [1.165, 1.54) is 36.4 Å². The Morgan fingerprint density at radius 1 is 1.14 bits per heavy atom. The maximum Gasteiger partial charge on any atom is 0.240 e. The van der Waals surface area contributed by atoms with Crippen molar-refractivity contribution in [2.75, 3.05) is 6.54 Å². The van der Waals surface area contributed by atoms with Crippen molar-refractivity contribution < 1.29 is 12.8 Å². The van der Waals surface area contributed by atoms with Gasteiger partial charge in [-0.05, 0) is 42.3 Å². The smallest absolute Gasteiger partial charge is 0.211 e. The molecule has 0 fully saturated rings. The molecule has 0 spiro atoms. The molecule has 108 valence electrons. The quantitative estimate of drug-likeness (QED) is 0.920. The van der Waals surface area contributed by atoms with Gasteiger partial charge < -0.3 is 0 Å². The topological polar surface area (TPSA) is 70.0 Å². The lowest BCUT2D eigenvalue weighted by molar-refractivity contribution is 0.581. The summed E-state index contributed by atoms with van der Waals surface area (Å²) in [5, 5.41) is 8.78. The van der Waals surface area contributed by atoms with E-state index in [0.29, 0.717) is 6.42 Å². The summed E-state index contributed by atoms with van der Waals surface area (Å²) >= 11 is 0. The minimum atomic E-state index is -3.65. The minimum Gasteiger partial charge on any atom is -0.211 e. The fourth-order valence-electron chi connectivity index (χ4n) is 1.80. The van der Waals surface area contributed by atoms with Crippen LogP contribution in [0.25, 0.3) is 0 Å². The van der Waals surface area contributed by atoms with Gasteiger partial charge in [0.25, 0.3) is 0 Å². The third-order valence-electron chi connectivity index (χ3n) is 2.89. The van der Waals surface area contributed by atoms with E-state index in [1.54, 1.807) is 12.1 Å². The lowest BCUT2D eigenvalue weighted by atomic mass is 10.1. The van der Waals surface area contributed by atoms with E-state index in [-0.39, 0.29) is 22.8 Å². The lowest BCUT2D eigenvalue weighted by Crippen LogP contribution is -2.26. The standard InChI is InChI=1S/C15H13FN2O2S/c16-14-6-4-12(5-7-14)8-9-18-21(19,20)15-3-1-2-13(10-15)11-17/h1-7,10,18H,8-9H2. The van der Waals surface area contributed by atoms with Gasteiger partial charge in [0.05, 0.1) is 16.5 Å². The molecule has 0 atom stereocenters. The number of nitrogens with zero attached hydrogens (tertiary/aromatic N) is 1. The van der Waals surface area contributed by atoms with Crippen molar-refractivity contribution in [3.63, 3.8) is 0 Å². The summed E-state index contributed by atoms with van der Waals surface area (Å²) in [5.74, 6) is -0.326. The van der Waals surface area contributed by atoms with Crippen LogP contribution in [0.4, 0.5) is 4.39 Å². The predicted octanol–water partition coefficient (Wildman–Crippen LogP) is 2.22. The number of halogens is 1. The molecule has 0 aliphatic rings. The van der Waals surface area contributed by atoms with Crippen molar-refractivity contribution >= 4 is 10.0 Å². The molecule has 0 aliphatic carbocycles. The number of rotatable bonds is 5. The maximum absolute atomic E-state index is 12.8. The zero-order valence-electron chi connectivity index (χ0n) is 11.1. The van der Waals surface area contributed by atoms with Gasteiger partial charge in [0.15, 0.2) is 0 Å². The maximum atomic E-state index is 12.8. The summed E-state index contributed by atoms with van der Waals surface area (Å²) in [7, 11) is -3.65. The average Bonchev–Trinajstić information content (AvgIpc) is 2.49. The molecular weight excluding hydrogens is 291 g/mol. The van der Waals surface area contributed by atoms with E-state index in [2.05, 4.69) is 4.72 Å². The molecule has 2 rings (SSSR count). The average molecular weight is 304 g/mol. The number of hydrogen-bond acceptors (Lipinski definition) is 3. The first kappa shape index (κ1) is 15.2. The van der Waals surface area contributed by atoms with Crippen LogP contribution in [0, 0.1) is 17.1 Å². The van der Waals surface area contributed by atoms with Crippen molar-refractivity contribution in [2.24, 2.45) is 0 Å². The molecule has 6 heteroatoms. The first-order valence-electron chi connectivity index (χ1n) is 6.25. The number of nitrogens with one attached hydrogen (secondary N) is 1. The Morgan fingerprint density at radius 2 is 1.86 bits per heavy atom. The van der Waals surface area contributed by atoms with Crippen LogP contribution in [0.1, 0.15) is 11.1 Å².